The number of carboxylic acid groups (broad SMARTS) is 1. The number of benzene rings is 1. The van der Waals surface area contributed by atoms with Crippen LogP contribution >= 0.6 is 22.9 Å². The highest BCUT2D eigenvalue weighted by molar-refractivity contribution is 7.19. The van der Waals surface area contributed by atoms with Crippen molar-refractivity contribution in [2.45, 2.75) is 32.7 Å². The first-order valence-corrected chi connectivity index (χ1v) is 9.27. The van der Waals surface area contributed by atoms with Crippen molar-refractivity contribution in [2.24, 2.45) is 0 Å². The molecule has 0 amide bonds. The molecule has 1 aromatic carbocycles. The van der Waals surface area contributed by atoms with Gasteiger partial charge in [0.25, 0.3) is 0 Å². The summed E-state index contributed by atoms with van der Waals surface area (Å²) in [5.74, 6) is -1.03. The second kappa shape index (κ2) is 6.28. The average Bonchev–Trinajstić information content (AvgIpc) is 3.26. The molecule has 5 nitrogen and oxygen atoms in total. The van der Waals surface area contributed by atoms with Gasteiger partial charge in [-0.25, -0.2) is 9.78 Å². The molecule has 2 heterocycles. The number of hydrogen-bond donors (Lipinski definition) is 1. The number of aromatic carboxylic acids is 1. The number of thiazole rings is 1. The first kappa shape index (κ1) is 16.3. The Morgan fingerprint density at radius 1 is 1.40 bits per heavy atom. The van der Waals surface area contributed by atoms with Crippen LogP contribution in [-0.2, 0) is 6.54 Å². The Balaban J connectivity index is 1.77. The Morgan fingerprint density at radius 2 is 2.24 bits per heavy atom. The highest BCUT2D eigenvalue weighted by atomic mass is 35.5. The molecule has 0 atom stereocenters. The van der Waals surface area contributed by atoms with E-state index in [1.807, 2.05) is 19.1 Å². The summed E-state index contributed by atoms with van der Waals surface area (Å²) in [7, 11) is 0. The van der Waals surface area contributed by atoms with Crippen molar-refractivity contribution in [1.82, 2.24) is 14.8 Å². The van der Waals surface area contributed by atoms with Crippen LogP contribution in [0.4, 0.5) is 0 Å². The highest BCUT2D eigenvalue weighted by Gasteiger charge is 2.17. The lowest BCUT2D eigenvalue weighted by molar-refractivity contribution is 0.0689. The summed E-state index contributed by atoms with van der Waals surface area (Å²) < 4.78 is 2.73. The maximum Gasteiger partial charge on any atom is 0.356 e. The van der Waals surface area contributed by atoms with Crippen molar-refractivity contribution < 1.29 is 9.90 Å². The molecule has 0 radical (unpaired) electrons. The zero-order valence-corrected chi connectivity index (χ0v) is 15.2. The molecule has 0 aliphatic heterocycles. The van der Waals surface area contributed by atoms with Gasteiger partial charge in [-0.3, -0.25) is 4.68 Å². The van der Waals surface area contributed by atoms with Crippen molar-refractivity contribution >= 4 is 44.7 Å². The fraction of sp³-hybridized carbons (Fsp3) is 0.278. The predicted molar refractivity (Wildman–Crippen MR) is 99.5 cm³/mol. The summed E-state index contributed by atoms with van der Waals surface area (Å²) in [6.07, 6.45) is 5.63. The number of halogens is 1. The lowest BCUT2D eigenvalue weighted by Gasteiger charge is -2.06. The summed E-state index contributed by atoms with van der Waals surface area (Å²) in [5.41, 5.74) is 4.02. The number of aromatic nitrogens is 3. The van der Waals surface area contributed by atoms with Crippen molar-refractivity contribution in [1.29, 1.82) is 0 Å². The smallest absolute Gasteiger partial charge is 0.356 e. The molecule has 1 aliphatic rings. The van der Waals surface area contributed by atoms with Crippen LogP contribution in [0.1, 0.15) is 46.0 Å². The van der Waals surface area contributed by atoms with Crippen molar-refractivity contribution in [2.75, 3.05) is 0 Å². The second-order valence-corrected chi connectivity index (χ2v) is 7.65. The van der Waals surface area contributed by atoms with Crippen molar-refractivity contribution in [3.8, 4) is 0 Å². The van der Waals surface area contributed by atoms with Gasteiger partial charge in [-0.2, -0.15) is 5.10 Å². The van der Waals surface area contributed by atoms with Crippen LogP contribution in [0.5, 0.6) is 0 Å². The van der Waals surface area contributed by atoms with Gasteiger partial charge in [0, 0.05) is 16.3 Å². The van der Waals surface area contributed by atoms with Crippen LogP contribution in [0.3, 0.4) is 0 Å². The fourth-order valence-corrected chi connectivity index (χ4v) is 4.55. The van der Waals surface area contributed by atoms with E-state index in [0.29, 0.717) is 11.6 Å². The molecule has 128 valence electrons. The minimum atomic E-state index is -1.03. The molecule has 0 unspecified atom stereocenters. The first-order valence-electron chi connectivity index (χ1n) is 8.07. The van der Waals surface area contributed by atoms with Gasteiger partial charge in [-0.1, -0.05) is 17.7 Å². The molecule has 2 aromatic heterocycles. The minimum Gasteiger partial charge on any atom is -0.476 e. The van der Waals surface area contributed by atoms with E-state index in [1.165, 1.54) is 12.0 Å². The quantitative estimate of drug-likeness (QED) is 0.715. The molecule has 3 aromatic rings. The third-order valence-corrected chi connectivity index (χ3v) is 5.67. The number of hydrogen-bond acceptors (Lipinski definition) is 4. The third kappa shape index (κ3) is 3.07. The minimum absolute atomic E-state index is 0.0471. The molecule has 0 saturated carbocycles. The van der Waals surface area contributed by atoms with E-state index in [2.05, 4.69) is 11.2 Å². The zero-order valence-electron chi connectivity index (χ0n) is 13.6. The maximum absolute atomic E-state index is 11.1. The van der Waals surface area contributed by atoms with E-state index >= 15 is 0 Å². The van der Waals surface area contributed by atoms with Crippen molar-refractivity contribution in [3.05, 3.63) is 51.3 Å². The molecule has 0 fully saturated rings. The molecule has 1 N–H and O–H groups in total. The second-order valence-electron chi connectivity index (χ2n) is 6.19. The summed E-state index contributed by atoms with van der Waals surface area (Å²) in [5, 5.41) is 15.0. The van der Waals surface area contributed by atoms with Crippen molar-refractivity contribution in [3.63, 3.8) is 0 Å². The normalized spacial score (nSPS) is 14.2. The Bertz CT molecular complexity index is 1020. The van der Waals surface area contributed by atoms with Gasteiger partial charge in [0.05, 0.1) is 16.8 Å². The standard InChI is InChI=1S/C18H16ClN3O2S/c1-10-6-14(18(23)24)21-22(10)9-12-7-13(19)8-15-16(12)20-17(25-15)11-4-2-3-5-11/h4,6-8H,2-3,5,9H2,1H3,(H,23,24). The van der Waals surface area contributed by atoms with E-state index in [0.717, 1.165) is 39.3 Å². The molecule has 4 rings (SSSR count). The largest absolute Gasteiger partial charge is 0.476 e. The average molecular weight is 374 g/mol. The van der Waals surface area contributed by atoms with Crippen LogP contribution in [0, 0.1) is 6.92 Å². The van der Waals surface area contributed by atoms with Crippen LogP contribution in [0.15, 0.2) is 24.3 Å². The Labute approximate surface area is 153 Å². The molecular weight excluding hydrogens is 358 g/mol. The number of carbonyl (C=O) groups is 1. The Hall–Kier alpha value is -2.18. The SMILES string of the molecule is Cc1cc(C(=O)O)nn1Cc1cc(Cl)cc2sc(C3=CCCC3)nc12. The summed E-state index contributed by atoms with van der Waals surface area (Å²) in [4.78, 5) is 16.0. The van der Waals surface area contributed by atoms with Gasteiger partial charge >= 0.3 is 5.97 Å². The van der Waals surface area contributed by atoms with E-state index in [9.17, 15) is 4.79 Å². The van der Waals surface area contributed by atoms with Gasteiger partial charge in [0.1, 0.15) is 5.01 Å². The fourth-order valence-electron chi connectivity index (χ4n) is 3.12. The monoisotopic (exact) mass is 373 g/mol. The van der Waals surface area contributed by atoms with Gasteiger partial charge < -0.3 is 5.11 Å². The zero-order chi connectivity index (χ0) is 17.6. The number of nitrogens with zero attached hydrogens (tertiary/aromatic N) is 3. The maximum atomic E-state index is 11.1. The molecule has 7 heteroatoms. The van der Waals surface area contributed by atoms with Crippen LogP contribution in [-0.4, -0.2) is 25.8 Å². The molecule has 0 spiro atoms. The summed E-state index contributed by atoms with van der Waals surface area (Å²) >= 11 is 7.96. The Morgan fingerprint density at radius 3 is 2.92 bits per heavy atom. The van der Waals surface area contributed by atoms with Crippen LogP contribution in [0.25, 0.3) is 15.8 Å². The van der Waals surface area contributed by atoms with E-state index in [1.54, 1.807) is 22.1 Å². The van der Waals surface area contributed by atoms with Gasteiger partial charge in [-0.05, 0) is 50.0 Å². The lowest BCUT2D eigenvalue weighted by atomic mass is 10.2. The van der Waals surface area contributed by atoms with Crippen LogP contribution in [0.2, 0.25) is 5.02 Å². The van der Waals surface area contributed by atoms with Gasteiger partial charge in [-0.15, -0.1) is 11.3 Å². The topological polar surface area (TPSA) is 68.0 Å². The molecular formula is C18H16ClN3O2S. The molecule has 0 saturated heterocycles. The summed E-state index contributed by atoms with van der Waals surface area (Å²) in [6.45, 7) is 2.29. The number of fused-ring (bicyclic) bond motifs is 1. The van der Waals surface area contributed by atoms with E-state index in [-0.39, 0.29) is 5.69 Å². The lowest BCUT2D eigenvalue weighted by Crippen LogP contribution is -2.06. The molecule has 1 aliphatic carbocycles. The highest BCUT2D eigenvalue weighted by Crippen LogP contribution is 2.36. The van der Waals surface area contributed by atoms with Gasteiger partial charge in [0.15, 0.2) is 5.69 Å². The molecule has 25 heavy (non-hydrogen) atoms. The van der Waals surface area contributed by atoms with E-state index < -0.39 is 5.97 Å². The number of aryl methyl sites for hydroxylation is 1. The molecule has 0 bridgehead atoms. The predicted octanol–water partition coefficient (Wildman–Crippen LogP) is 4.77. The Kier molecular flexibility index (Phi) is 4.09. The number of carboxylic acids is 1. The van der Waals surface area contributed by atoms with Gasteiger partial charge in [0.2, 0.25) is 0 Å². The number of rotatable bonds is 4. The number of allylic oxidation sites excluding steroid dienone is 2. The summed E-state index contributed by atoms with van der Waals surface area (Å²) in [6, 6.07) is 5.40. The third-order valence-electron chi connectivity index (χ3n) is 4.37. The first-order chi connectivity index (χ1) is 12.0. The van der Waals surface area contributed by atoms with E-state index in [4.69, 9.17) is 21.7 Å². The van der Waals surface area contributed by atoms with Crippen LogP contribution < -0.4 is 0 Å².